The number of hydrogen-bond donors (Lipinski definition) is 10. The van der Waals surface area contributed by atoms with E-state index in [1.807, 2.05) is 0 Å². The van der Waals surface area contributed by atoms with Gasteiger partial charge in [-0.1, -0.05) is 19.1 Å². The first-order valence-corrected chi connectivity index (χ1v) is 14.5. The number of ketones is 2. The third-order valence-electron chi connectivity index (χ3n) is 9.03. The number of phenols is 1. The van der Waals surface area contributed by atoms with Crippen molar-refractivity contribution in [3.05, 3.63) is 46.2 Å². The second-order valence-corrected chi connectivity index (χ2v) is 11.8. The van der Waals surface area contributed by atoms with Gasteiger partial charge in [0.15, 0.2) is 11.4 Å². The van der Waals surface area contributed by atoms with E-state index in [2.05, 4.69) is 15.0 Å². The van der Waals surface area contributed by atoms with Crippen molar-refractivity contribution in [2.24, 2.45) is 11.8 Å². The van der Waals surface area contributed by atoms with Gasteiger partial charge in [0.05, 0.1) is 53.8 Å². The fraction of sp³-hybridized carbons (Fsp3) is 0.536. The average molecular weight is 670 g/mol. The molecule has 0 bridgehead atoms. The molecule has 1 unspecified atom stereocenters. The summed E-state index contributed by atoms with van der Waals surface area (Å²) in [4.78, 5) is 53.5. The maximum absolute atomic E-state index is 14.2. The quantitative estimate of drug-likeness (QED) is 0.0710. The largest absolute Gasteiger partial charge is 0.508 e. The van der Waals surface area contributed by atoms with Crippen LogP contribution in [0, 0.1) is 11.8 Å². The average Bonchev–Trinajstić information content (AvgIpc) is 2.97. The topological polar surface area (TPSA) is 277 Å². The van der Waals surface area contributed by atoms with Crippen molar-refractivity contribution < 1.29 is 70.4 Å². The van der Waals surface area contributed by atoms with E-state index in [1.54, 1.807) is 13.0 Å². The van der Waals surface area contributed by atoms with Crippen LogP contribution in [0.1, 0.15) is 30.9 Å². The van der Waals surface area contributed by atoms with Gasteiger partial charge in [-0.15, -0.1) is 0 Å². The Morgan fingerprint density at radius 3 is 2.13 bits per heavy atom. The highest BCUT2D eigenvalue weighted by molar-refractivity contribution is 6.25. The van der Waals surface area contributed by atoms with Crippen molar-refractivity contribution >= 4 is 23.2 Å². The number of phenolic OH excluding ortho intramolecular Hbond substituents is 1. The molecule has 1 fully saturated rings. The maximum atomic E-state index is 14.2. The van der Waals surface area contributed by atoms with Gasteiger partial charge in [-0.3, -0.25) is 45.0 Å². The van der Waals surface area contributed by atoms with Crippen molar-refractivity contribution in [3.8, 4) is 5.75 Å². The summed E-state index contributed by atoms with van der Waals surface area (Å²) in [5.74, 6) is -9.54. The predicted molar refractivity (Wildman–Crippen MR) is 153 cm³/mol. The van der Waals surface area contributed by atoms with Crippen LogP contribution < -0.4 is 5.32 Å². The number of nitrogens with zero attached hydrogens (tertiary/aromatic N) is 4. The minimum atomic E-state index is -3.07. The molecule has 7 atom stereocenters. The van der Waals surface area contributed by atoms with E-state index in [0.717, 1.165) is 0 Å². The SMILES string of the molecule is CC(NC(=O)C1=C(O)[C@@]2(O)C(=O)C3=C(O)c4c(O)cccc4[C@H](C)[C@H]3[C@H](O)[C@H]2[C@H](N(C)C)C1=O)N(CCON(O)O)CCON(O)O. The zero-order chi connectivity index (χ0) is 35.1. The fourth-order valence-corrected chi connectivity index (χ4v) is 6.89. The smallest absolute Gasteiger partial charge is 0.259 e. The number of amides is 1. The van der Waals surface area contributed by atoms with Crippen molar-refractivity contribution in [2.45, 2.75) is 43.7 Å². The van der Waals surface area contributed by atoms with Crippen molar-refractivity contribution in [3.63, 3.8) is 0 Å². The first kappa shape index (κ1) is 36.3. The summed E-state index contributed by atoms with van der Waals surface area (Å²) in [6.45, 7) is 2.03. The Labute approximate surface area is 267 Å². The summed E-state index contributed by atoms with van der Waals surface area (Å²) in [5, 5.41) is 93.7. The fourth-order valence-electron chi connectivity index (χ4n) is 6.89. The zero-order valence-electron chi connectivity index (χ0n) is 25.9. The lowest BCUT2D eigenvalue weighted by Gasteiger charge is -2.53. The van der Waals surface area contributed by atoms with Crippen LogP contribution in [0.4, 0.5) is 0 Å². The van der Waals surface area contributed by atoms with E-state index < -0.39 is 92.6 Å². The molecular weight excluding hydrogens is 630 g/mol. The normalized spacial score (nSPS) is 28.3. The lowest BCUT2D eigenvalue weighted by molar-refractivity contribution is -0.494. The number of nitrogens with one attached hydrogen (secondary N) is 1. The monoisotopic (exact) mass is 669 g/mol. The van der Waals surface area contributed by atoms with Gasteiger partial charge in [0.1, 0.15) is 22.8 Å². The Kier molecular flexibility index (Phi) is 10.7. The highest BCUT2D eigenvalue weighted by atomic mass is 17.1. The third-order valence-corrected chi connectivity index (χ3v) is 9.03. The molecule has 47 heavy (non-hydrogen) atoms. The Hall–Kier alpha value is -3.57. The van der Waals surface area contributed by atoms with Gasteiger partial charge >= 0.3 is 0 Å². The van der Waals surface area contributed by atoms with Crippen LogP contribution in [0.3, 0.4) is 0 Å². The molecule has 260 valence electrons. The molecule has 1 amide bonds. The van der Waals surface area contributed by atoms with Gasteiger partial charge in [-0.2, -0.15) is 0 Å². The number of aliphatic hydroxyl groups is 4. The Morgan fingerprint density at radius 2 is 1.60 bits per heavy atom. The summed E-state index contributed by atoms with van der Waals surface area (Å²) in [6, 6.07) is 2.87. The van der Waals surface area contributed by atoms with Crippen LogP contribution >= 0.6 is 0 Å². The van der Waals surface area contributed by atoms with Crippen LogP contribution in [0.5, 0.6) is 5.75 Å². The van der Waals surface area contributed by atoms with Crippen LogP contribution in [0.25, 0.3) is 5.76 Å². The van der Waals surface area contributed by atoms with Crippen molar-refractivity contribution in [2.75, 3.05) is 40.4 Å². The summed E-state index contributed by atoms with van der Waals surface area (Å²) in [6.07, 6.45) is -2.78. The highest BCUT2D eigenvalue weighted by Gasteiger charge is 2.68. The number of carbonyl (C=O) groups excluding carboxylic acids is 3. The number of aliphatic hydroxyl groups excluding tert-OH is 3. The lowest BCUT2D eigenvalue weighted by atomic mass is 9.54. The minimum absolute atomic E-state index is 0.0933. The van der Waals surface area contributed by atoms with Crippen LogP contribution in [0.2, 0.25) is 0 Å². The highest BCUT2D eigenvalue weighted by Crippen LogP contribution is 2.56. The van der Waals surface area contributed by atoms with E-state index in [-0.39, 0.29) is 37.6 Å². The number of rotatable bonds is 12. The Balaban J connectivity index is 1.77. The number of fused-ring (bicyclic) bond motifs is 3. The van der Waals surface area contributed by atoms with Gasteiger partial charge in [0.25, 0.3) is 5.91 Å². The Bertz CT molecular complexity index is 1450. The zero-order valence-corrected chi connectivity index (χ0v) is 25.9. The molecule has 0 radical (unpaired) electrons. The molecular formula is C28H39N5O14. The molecule has 10 N–H and O–H groups in total. The number of aromatic hydroxyl groups is 1. The molecule has 0 spiro atoms. The number of carbonyl (C=O) groups is 3. The standard InChI is InChI=1S/C28H39N5O14/c1-12-14-6-5-7-15(34)17(14)22(35)18-16(12)23(36)20-21(30(3)4)24(37)19(26(39)28(20,41)25(18)38)27(40)29-13(2)31(8-10-46-32(42)43)9-11-47-33(44)45/h5-7,12-13,16,20-21,23,34-36,39,41-45H,8-11H2,1-4H3,(H,29,40)/t12-,13?,16+,20+,21-,23-,28-/m0/s1. The molecule has 4 rings (SSSR count). The van der Waals surface area contributed by atoms with Crippen molar-refractivity contribution in [1.82, 2.24) is 25.9 Å². The van der Waals surface area contributed by atoms with Crippen LogP contribution in [-0.4, -0.2) is 149 Å². The summed E-state index contributed by atoms with van der Waals surface area (Å²) in [7, 11) is 2.83. The van der Waals surface area contributed by atoms with Gasteiger partial charge in [0.2, 0.25) is 5.78 Å². The molecule has 3 aliphatic rings. The summed E-state index contributed by atoms with van der Waals surface area (Å²) < 4.78 is 0. The number of benzene rings is 1. The molecule has 1 aromatic rings. The molecule has 0 heterocycles. The van der Waals surface area contributed by atoms with Gasteiger partial charge in [-0.25, -0.2) is 9.68 Å². The van der Waals surface area contributed by atoms with E-state index in [9.17, 15) is 39.9 Å². The predicted octanol–water partition coefficient (Wildman–Crippen LogP) is -1.20. The second-order valence-electron chi connectivity index (χ2n) is 11.8. The van der Waals surface area contributed by atoms with Crippen LogP contribution in [-0.2, 0) is 24.1 Å². The molecule has 0 saturated heterocycles. The van der Waals surface area contributed by atoms with Gasteiger partial charge in [0, 0.05) is 24.6 Å². The van der Waals surface area contributed by atoms with Gasteiger partial charge < -0.3 is 30.8 Å². The number of hydrogen-bond acceptors (Lipinski definition) is 18. The molecule has 0 aromatic heterocycles. The maximum Gasteiger partial charge on any atom is 0.259 e. The second kappa shape index (κ2) is 13.9. The molecule has 19 nitrogen and oxygen atoms in total. The molecule has 0 aliphatic heterocycles. The third kappa shape index (κ3) is 6.36. The van der Waals surface area contributed by atoms with E-state index in [4.69, 9.17) is 20.8 Å². The lowest BCUT2D eigenvalue weighted by Crippen LogP contribution is -2.70. The first-order chi connectivity index (χ1) is 22.0. The molecule has 1 saturated carbocycles. The summed E-state index contributed by atoms with van der Waals surface area (Å²) >= 11 is 0. The molecule has 19 heteroatoms. The molecule has 1 aromatic carbocycles. The summed E-state index contributed by atoms with van der Waals surface area (Å²) in [5.41, 5.74) is -4.24. The Morgan fingerprint density at radius 1 is 1.02 bits per heavy atom. The molecule has 3 aliphatic carbocycles. The number of Topliss-reactive ketones (excluding diaryl/α,β-unsaturated/α-hetero) is 2. The number of likely N-dealkylation sites (N-methyl/N-ethyl adjacent to an activating group) is 1. The first-order valence-electron chi connectivity index (χ1n) is 14.5. The van der Waals surface area contributed by atoms with Crippen LogP contribution in [0.15, 0.2) is 35.1 Å². The van der Waals surface area contributed by atoms with E-state index in [0.29, 0.717) is 5.56 Å². The van der Waals surface area contributed by atoms with Crippen molar-refractivity contribution in [1.29, 1.82) is 0 Å². The van der Waals surface area contributed by atoms with E-state index >= 15 is 0 Å². The van der Waals surface area contributed by atoms with E-state index in [1.165, 1.54) is 43.0 Å². The van der Waals surface area contributed by atoms with Gasteiger partial charge in [-0.05, 0) is 38.6 Å². The minimum Gasteiger partial charge on any atom is -0.508 e.